The van der Waals surface area contributed by atoms with Crippen LogP contribution in [-0.4, -0.2) is 6.04 Å². The standard InChI is InChI=1S/C5H8N2/c6-3-4-1-2-5(4)7/h4-5H,1-2,7H2. The van der Waals surface area contributed by atoms with E-state index in [1.807, 2.05) is 0 Å². The molecule has 0 aromatic heterocycles. The predicted octanol–water partition coefficient (Wildman–Crippen LogP) is 0.247. The summed E-state index contributed by atoms with van der Waals surface area (Å²) in [7, 11) is 0. The Hall–Kier alpha value is -0.550. The summed E-state index contributed by atoms with van der Waals surface area (Å²) in [5.74, 6) is 0.167. The lowest BCUT2D eigenvalue weighted by Gasteiger charge is -2.26. The number of nitrogens with two attached hydrogens (primary N) is 1. The first-order chi connectivity index (χ1) is 3.34. The Kier molecular flexibility index (Phi) is 0.994. The van der Waals surface area contributed by atoms with Crippen molar-refractivity contribution in [2.45, 2.75) is 18.9 Å². The molecule has 2 heteroatoms. The molecule has 0 spiro atoms. The van der Waals surface area contributed by atoms with Crippen molar-refractivity contribution in [3.05, 3.63) is 0 Å². The van der Waals surface area contributed by atoms with Crippen LogP contribution in [0.4, 0.5) is 0 Å². The minimum atomic E-state index is 0.167. The molecule has 0 bridgehead atoms. The van der Waals surface area contributed by atoms with Gasteiger partial charge in [-0.25, -0.2) is 0 Å². The minimum Gasteiger partial charge on any atom is -0.327 e. The lowest BCUT2D eigenvalue weighted by molar-refractivity contribution is 0.326. The van der Waals surface area contributed by atoms with Crippen LogP contribution in [0.15, 0.2) is 0 Å². The summed E-state index contributed by atoms with van der Waals surface area (Å²) >= 11 is 0. The van der Waals surface area contributed by atoms with Gasteiger partial charge in [0.1, 0.15) is 0 Å². The SMILES string of the molecule is N#CC1CCC1N. The van der Waals surface area contributed by atoms with Gasteiger partial charge in [-0.1, -0.05) is 0 Å². The molecule has 0 amide bonds. The van der Waals surface area contributed by atoms with Gasteiger partial charge < -0.3 is 5.73 Å². The van der Waals surface area contributed by atoms with Crippen LogP contribution in [0.5, 0.6) is 0 Å². The maximum atomic E-state index is 8.23. The van der Waals surface area contributed by atoms with Crippen molar-refractivity contribution in [2.75, 3.05) is 0 Å². The summed E-state index contributed by atoms with van der Waals surface area (Å²) in [5.41, 5.74) is 5.41. The van der Waals surface area contributed by atoms with Gasteiger partial charge in [-0.15, -0.1) is 0 Å². The molecule has 7 heavy (non-hydrogen) atoms. The van der Waals surface area contributed by atoms with E-state index in [2.05, 4.69) is 6.07 Å². The number of hydrogen-bond acceptors (Lipinski definition) is 2. The van der Waals surface area contributed by atoms with Crippen molar-refractivity contribution in [1.29, 1.82) is 5.26 Å². The van der Waals surface area contributed by atoms with Gasteiger partial charge in [0.15, 0.2) is 0 Å². The number of rotatable bonds is 0. The van der Waals surface area contributed by atoms with Gasteiger partial charge >= 0.3 is 0 Å². The quantitative estimate of drug-likeness (QED) is 0.470. The molecule has 0 aromatic carbocycles. The number of hydrogen-bond donors (Lipinski definition) is 1. The predicted molar refractivity (Wildman–Crippen MR) is 26.3 cm³/mol. The minimum absolute atomic E-state index is 0.167. The Morgan fingerprint density at radius 1 is 1.57 bits per heavy atom. The maximum Gasteiger partial charge on any atom is 0.0672 e. The van der Waals surface area contributed by atoms with Crippen LogP contribution in [-0.2, 0) is 0 Å². The normalized spacial score (nSPS) is 38.9. The molecule has 38 valence electrons. The average Bonchev–Trinajstić information content (AvgIpc) is 1.65. The second-order valence-corrected chi connectivity index (χ2v) is 1.98. The fraction of sp³-hybridized carbons (Fsp3) is 0.800. The van der Waals surface area contributed by atoms with Gasteiger partial charge in [0.05, 0.1) is 12.0 Å². The molecule has 0 aromatic rings. The van der Waals surface area contributed by atoms with Crippen LogP contribution in [0, 0.1) is 17.2 Å². The molecule has 0 radical (unpaired) electrons. The highest BCUT2D eigenvalue weighted by atomic mass is 14.7. The van der Waals surface area contributed by atoms with E-state index in [1.165, 1.54) is 0 Å². The zero-order valence-corrected chi connectivity index (χ0v) is 4.09. The summed E-state index contributed by atoms with van der Waals surface area (Å²) in [6.07, 6.45) is 2.05. The highest BCUT2D eigenvalue weighted by Crippen LogP contribution is 2.23. The second-order valence-electron chi connectivity index (χ2n) is 1.98. The zero-order chi connectivity index (χ0) is 5.28. The summed E-state index contributed by atoms with van der Waals surface area (Å²) < 4.78 is 0. The lowest BCUT2D eigenvalue weighted by atomic mass is 9.82. The van der Waals surface area contributed by atoms with Crippen molar-refractivity contribution in [3.63, 3.8) is 0 Å². The van der Waals surface area contributed by atoms with E-state index >= 15 is 0 Å². The van der Waals surface area contributed by atoms with Crippen molar-refractivity contribution in [2.24, 2.45) is 11.7 Å². The maximum absolute atomic E-state index is 8.23. The third kappa shape index (κ3) is 0.594. The van der Waals surface area contributed by atoms with Crippen molar-refractivity contribution in [3.8, 4) is 6.07 Å². The molecule has 0 saturated heterocycles. The van der Waals surface area contributed by atoms with Gasteiger partial charge in [0, 0.05) is 6.04 Å². The molecule has 1 fully saturated rings. The molecule has 2 N–H and O–H groups in total. The Labute approximate surface area is 42.9 Å². The van der Waals surface area contributed by atoms with E-state index in [0.717, 1.165) is 12.8 Å². The van der Waals surface area contributed by atoms with Crippen LogP contribution in [0.3, 0.4) is 0 Å². The molecule has 1 rings (SSSR count). The topological polar surface area (TPSA) is 49.8 Å². The van der Waals surface area contributed by atoms with Crippen LogP contribution >= 0.6 is 0 Å². The Morgan fingerprint density at radius 2 is 2.29 bits per heavy atom. The molecule has 0 aliphatic heterocycles. The first-order valence-electron chi connectivity index (χ1n) is 2.50. The van der Waals surface area contributed by atoms with E-state index in [9.17, 15) is 0 Å². The molecule has 0 heterocycles. The van der Waals surface area contributed by atoms with Gasteiger partial charge in [-0.2, -0.15) is 5.26 Å². The van der Waals surface area contributed by atoms with Crippen LogP contribution < -0.4 is 5.73 Å². The number of nitrogens with zero attached hydrogens (tertiary/aromatic N) is 1. The Bertz CT molecular complexity index is 103. The summed E-state index contributed by atoms with van der Waals surface area (Å²) in [6, 6.07) is 2.31. The molecular formula is C5H8N2. The van der Waals surface area contributed by atoms with Gasteiger partial charge in [-0.05, 0) is 12.8 Å². The molecule has 1 saturated carbocycles. The van der Waals surface area contributed by atoms with E-state index < -0.39 is 0 Å². The summed E-state index contributed by atoms with van der Waals surface area (Å²) in [4.78, 5) is 0. The third-order valence-electron chi connectivity index (χ3n) is 1.49. The van der Waals surface area contributed by atoms with Gasteiger partial charge in [0.25, 0.3) is 0 Å². The first kappa shape index (κ1) is 4.61. The van der Waals surface area contributed by atoms with E-state index in [1.54, 1.807) is 0 Å². The first-order valence-corrected chi connectivity index (χ1v) is 2.50. The Balaban J connectivity index is 2.33. The van der Waals surface area contributed by atoms with Gasteiger partial charge in [-0.3, -0.25) is 0 Å². The zero-order valence-electron chi connectivity index (χ0n) is 4.09. The second kappa shape index (κ2) is 1.51. The highest BCUT2D eigenvalue weighted by Gasteiger charge is 2.26. The summed E-state index contributed by atoms with van der Waals surface area (Å²) in [6.45, 7) is 0. The molecule has 1 aliphatic carbocycles. The lowest BCUT2D eigenvalue weighted by Crippen LogP contribution is -2.38. The molecule has 1 aliphatic rings. The van der Waals surface area contributed by atoms with Crippen molar-refractivity contribution >= 4 is 0 Å². The average molecular weight is 96.1 g/mol. The van der Waals surface area contributed by atoms with Crippen LogP contribution in [0.25, 0.3) is 0 Å². The monoisotopic (exact) mass is 96.1 g/mol. The molecule has 2 unspecified atom stereocenters. The molecule has 2 nitrogen and oxygen atoms in total. The summed E-state index contributed by atoms with van der Waals surface area (Å²) in [5, 5.41) is 8.23. The third-order valence-corrected chi connectivity index (χ3v) is 1.49. The highest BCUT2D eigenvalue weighted by molar-refractivity contribution is 4.97. The van der Waals surface area contributed by atoms with E-state index in [-0.39, 0.29) is 12.0 Å². The van der Waals surface area contributed by atoms with Crippen molar-refractivity contribution < 1.29 is 0 Å². The van der Waals surface area contributed by atoms with E-state index in [0.29, 0.717) is 0 Å². The Morgan fingerprint density at radius 3 is 2.29 bits per heavy atom. The van der Waals surface area contributed by atoms with E-state index in [4.69, 9.17) is 11.0 Å². The fourth-order valence-corrected chi connectivity index (χ4v) is 0.686. The largest absolute Gasteiger partial charge is 0.327 e. The van der Waals surface area contributed by atoms with Crippen LogP contribution in [0.1, 0.15) is 12.8 Å². The van der Waals surface area contributed by atoms with Crippen LogP contribution in [0.2, 0.25) is 0 Å². The molecular weight excluding hydrogens is 88.1 g/mol. The van der Waals surface area contributed by atoms with Gasteiger partial charge in [0.2, 0.25) is 0 Å². The number of nitriles is 1. The smallest absolute Gasteiger partial charge is 0.0672 e. The van der Waals surface area contributed by atoms with Crippen molar-refractivity contribution in [1.82, 2.24) is 0 Å². The fourth-order valence-electron chi connectivity index (χ4n) is 0.686. The molecule has 2 atom stereocenters.